The molecule has 0 heterocycles. The Morgan fingerprint density at radius 2 is 2.24 bits per heavy atom. The molecule has 0 unspecified atom stereocenters. The summed E-state index contributed by atoms with van der Waals surface area (Å²) in [4.78, 5) is 11.3. The highest BCUT2D eigenvalue weighted by molar-refractivity contribution is 9.10. The first-order valence-corrected chi connectivity index (χ1v) is 5.61. The molecule has 2 amide bonds. The van der Waals surface area contributed by atoms with Gasteiger partial charge >= 0.3 is 6.03 Å². The number of halogens is 2. The average molecular weight is 307 g/mol. The van der Waals surface area contributed by atoms with Crippen LogP contribution >= 0.6 is 15.9 Å². The number of hydrogen-bond acceptors (Lipinski definition) is 3. The van der Waals surface area contributed by atoms with Gasteiger partial charge in [-0.15, -0.1) is 0 Å². The molecule has 0 spiro atoms. The molecule has 7 heteroatoms. The summed E-state index contributed by atoms with van der Waals surface area (Å²) in [5, 5.41) is 22.3. The Hall–Kier alpha value is -1.18. The summed E-state index contributed by atoms with van der Waals surface area (Å²) in [7, 11) is 0. The van der Waals surface area contributed by atoms with Crippen LogP contribution in [-0.2, 0) is 0 Å². The molecule has 0 radical (unpaired) electrons. The zero-order valence-electron chi connectivity index (χ0n) is 8.78. The van der Waals surface area contributed by atoms with Crippen LogP contribution in [0.2, 0.25) is 0 Å². The van der Waals surface area contributed by atoms with Crippen LogP contribution in [0.25, 0.3) is 0 Å². The number of aliphatic hydroxyl groups excluding tert-OH is 2. The second-order valence-corrected chi connectivity index (χ2v) is 4.15. The maximum atomic E-state index is 12.9. The second-order valence-electron chi connectivity index (χ2n) is 3.30. The largest absolute Gasteiger partial charge is 0.394 e. The van der Waals surface area contributed by atoms with E-state index in [1.807, 2.05) is 0 Å². The molecule has 17 heavy (non-hydrogen) atoms. The van der Waals surface area contributed by atoms with Crippen molar-refractivity contribution in [2.75, 3.05) is 18.5 Å². The molecule has 0 aromatic heterocycles. The lowest BCUT2D eigenvalue weighted by atomic mass is 10.3. The topological polar surface area (TPSA) is 81.6 Å². The van der Waals surface area contributed by atoms with Gasteiger partial charge in [-0.25, -0.2) is 9.18 Å². The molecule has 0 saturated carbocycles. The van der Waals surface area contributed by atoms with Crippen molar-refractivity contribution >= 4 is 27.6 Å². The van der Waals surface area contributed by atoms with E-state index in [4.69, 9.17) is 10.2 Å². The van der Waals surface area contributed by atoms with E-state index in [0.717, 1.165) is 6.07 Å². The van der Waals surface area contributed by atoms with Gasteiger partial charge in [0, 0.05) is 11.0 Å². The minimum atomic E-state index is -1.02. The molecule has 0 fully saturated rings. The van der Waals surface area contributed by atoms with Crippen molar-refractivity contribution in [3.63, 3.8) is 0 Å². The quantitative estimate of drug-likeness (QED) is 0.671. The minimum Gasteiger partial charge on any atom is -0.394 e. The van der Waals surface area contributed by atoms with Crippen LogP contribution in [-0.4, -0.2) is 35.5 Å². The second kappa shape index (κ2) is 6.53. The van der Waals surface area contributed by atoms with Crippen molar-refractivity contribution in [1.82, 2.24) is 5.32 Å². The van der Waals surface area contributed by atoms with Crippen LogP contribution in [0.1, 0.15) is 0 Å². The third-order valence-electron chi connectivity index (χ3n) is 1.89. The monoisotopic (exact) mass is 306 g/mol. The van der Waals surface area contributed by atoms with Gasteiger partial charge < -0.3 is 20.8 Å². The van der Waals surface area contributed by atoms with Crippen molar-refractivity contribution in [3.05, 3.63) is 28.5 Å². The maximum Gasteiger partial charge on any atom is 0.319 e. The van der Waals surface area contributed by atoms with Crippen molar-refractivity contribution in [2.24, 2.45) is 0 Å². The summed E-state index contributed by atoms with van der Waals surface area (Å²) in [5.41, 5.74) is 0.279. The van der Waals surface area contributed by atoms with Gasteiger partial charge in [0.25, 0.3) is 0 Å². The van der Waals surface area contributed by atoms with Crippen LogP contribution in [0, 0.1) is 5.82 Å². The van der Waals surface area contributed by atoms with Gasteiger partial charge in [-0.3, -0.25) is 0 Å². The molecule has 1 aromatic carbocycles. The number of urea groups is 1. The molecule has 0 saturated heterocycles. The van der Waals surface area contributed by atoms with E-state index in [2.05, 4.69) is 26.6 Å². The third-order valence-corrected chi connectivity index (χ3v) is 2.58. The Morgan fingerprint density at radius 3 is 2.88 bits per heavy atom. The van der Waals surface area contributed by atoms with Gasteiger partial charge in [-0.2, -0.15) is 0 Å². The summed E-state index contributed by atoms with van der Waals surface area (Å²) in [5.74, 6) is -0.473. The number of nitrogens with one attached hydrogen (secondary N) is 2. The Bertz CT molecular complexity index is 403. The molecule has 0 bridgehead atoms. The number of rotatable bonds is 4. The van der Waals surface area contributed by atoms with Crippen LogP contribution in [0.5, 0.6) is 0 Å². The Morgan fingerprint density at radius 1 is 1.53 bits per heavy atom. The van der Waals surface area contributed by atoms with E-state index in [1.165, 1.54) is 12.1 Å². The molecule has 1 rings (SSSR count). The number of carbonyl (C=O) groups is 1. The summed E-state index contributed by atoms with van der Waals surface area (Å²) in [6.45, 7) is -0.529. The predicted octanol–water partition coefficient (Wildman–Crippen LogP) is 1.06. The average Bonchev–Trinajstić information content (AvgIpc) is 2.30. The normalized spacial score (nSPS) is 12.0. The predicted molar refractivity (Wildman–Crippen MR) is 64.2 cm³/mol. The fourth-order valence-electron chi connectivity index (χ4n) is 1.03. The Kier molecular flexibility index (Phi) is 5.33. The molecule has 1 atom stereocenters. The van der Waals surface area contributed by atoms with Gasteiger partial charge in [0.1, 0.15) is 5.82 Å². The van der Waals surface area contributed by atoms with Gasteiger partial charge in [-0.1, -0.05) is 0 Å². The lowest BCUT2D eigenvalue weighted by Gasteiger charge is -2.11. The zero-order chi connectivity index (χ0) is 12.8. The maximum absolute atomic E-state index is 12.9. The first-order chi connectivity index (χ1) is 8.02. The van der Waals surface area contributed by atoms with Crippen molar-refractivity contribution in [1.29, 1.82) is 0 Å². The molecule has 0 aliphatic rings. The fraction of sp³-hybridized carbons (Fsp3) is 0.300. The van der Waals surface area contributed by atoms with E-state index in [9.17, 15) is 9.18 Å². The Labute approximate surface area is 106 Å². The standard InChI is InChI=1S/C10H12BrFN2O3/c11-8-2-1-6(12)3-9(8)14-10(17)13-4-7(16)5-15/h1-3,7,15-16H,4-5H2,(H2,13,14,17)/t7-/m1/s1. The van der Waals surface area contributed by atoms with E-state index in [0.29, 0.717) is 4.47 Å². The Balaban J connectivity index is 2.53. The van der Waals surface area contributed by atoms with Gasteiger partial charge in [0.2, 0.25) is 0 Å². The lowest BCUT2D eigenvalue weighted by Crippen LogP contribution is -2.36. The highest BCUT2D eigenvalue weighted by Gasteiger charge is 2.08. The number of aliphatic hydroxyl groups is 2. The molecule has 0 aliphatic carbocycles. The summed E-state index contributed by atoms with van der Waals surface area (Å²) in [6, 6.07) is 3.28. The zero-order valence-corrected chi connectivity index (χ0v) is 10.4. The van der Waals surface area contributed by atoms with Crippen molar-refractivity contribution in [3.8, 4) is 0 Å². The van der Waals surface area contributed by atoms with E-state index in [1.54, 1.807) is 0 Å². The van der Waals surface area contributed by atoms with Crippen LogP contribution in [0.15, 0.2) is 22.7 Å². The first-order valence-electron chi connectivity index (χ1n) is 4.81. The third kappa shape index (κ3) is 4.68. The summed E-state index contributed by atoms with van der Waals surface area (Å²) >= 11 is 3.15. The molecule has 4 N–H and O–H groups in total. The number of amides is 2. The SMILES string of the molecule is O=C(NC[C@@H](O)CO)Nc1cc(F)ccc1Br. The van der Waals surface area contributed by atoms with Crippen molar-refractivity contribution in [2.45, 2.75) is 6.10 Å². The summed E-state index contributed by atoms with van der Waals surface area (Å²) < 4.78 is 13.4. The number of anilines is 1. The van der Waals surface area contributed by atoms with Crippen molar-refractivity contribution < 1.29 is 19.4 Å². The highest BCUT2D eigenvalue weighted by atomic mass is 79.9. The number of hydrogen-bond donors (Lipinski definition) is 4. The molecular weight excluding hydrogens is 295 g/mol. The van der Waals surface area contributed by atoms with Crippen LogP contribution in [0.3, 0.4) is 0 Å². The molecule has 5 nitrogen and oxygen atoms in total. The minimum absolute atomic E-state index is 0.0880. The highest BCUT2D eigenvalue weighted by Crippen LogP contribution is 2.22. The fourth-order valence-corrected chi connectivity index (χ4v) is 1.38. The van der Waals surface area contributed by atoms with Crippen LogP contribution in [0.4, 0.5) is 14.9 Å². The number of carbonyl (C=O) groups excluding carboxylic acids is 1. The first kappa shape index (κ1) is 13.9. The van der Waals surface area contributed by atoms with Gasteiger partial charge in [0.15, 0.2) is 0 Å². The van der Waals surface area contributed by atoms with Gasteiger partial charge in [0.05, 0.1) is 18.4 Å². The van der Waals surface area contributed by atoms with Crippen LogP contribution < -0.4 is 10.6 Å². The van der Waals surface area contributed by atoms with E-state index < -0.39 is 24.6 Å². The van der Waals surface area contributed by atoms with Gasteiger partial charge in [-0.05, 0) is 34.1 Å². The van der Waals surface area contributed by atoms with E-state index in [-0.39, 0.29) is 12.2 Å². The smallest absolute Gasteiger partial charge is 0.319 e. The molecule has 1 aromatic rings. The molecular formula is C10H12BrFN2O3. The molecule has 94 valence electrons. The lowest BCUT2D eigenvalue weighted by molar-refractivity contribution is 0.0965. The summed E-state index contributed by atoms with van der Waals surface area (Å²) in [6.07, 6.45) is -1.02. The molecule has 0 aliphatic heterocycles. The number of benzene rings is 1. The van der Waals surface area contributed by atoms with E-state index >= 15 is 0 Å².